The molecule has 0 saturated carbocycles. The maximum Gasteiger partial charge on any atom is 0.320 e. The summed E-state index contributed by atoms with van der Waals surface area (Å²) in [5.41, 5.74) is 1.78. The highest BCUT2D eigenvalue weighted by Crippen LogP contribution is 2.27. The van der Waals surface area contributed by atoms with Gasteiger partial charge in [-0.05, 0) is 19.4 Å². The van der Waals surface area contributed by atoms with Crippen LogP contribution in [0.2, 0.25) is 0 Å². The number of amides is 2. The molecule has 0 spiro atoms. The molecule has 0 radical (unpaired) electrons. The Morgan fingerprint density at radius 1 is 1.34 bits per heavy atom. The summed E-state index contributed by atoms with van der Waals surface area (Å²) in [6, 6.07) is 11.1. The van der Waals surface area contributed by atoms with Gasteiger partial charge in [-0.3, -0.25) is 10.4 Å². The van der Waals surface area contributed by atoms with Crippen molar-refractivity contribution in [2.75, 3.05) is 11.9 Å². The van der Waals surface area contributed by atoms with Gasteiger partial charge in [0.05, 0.1) is 29.7 Å². The van der Waals surface area contributed by atoms with Crippen molar-refractivity contribution in [1.82, 2.24) is 20.5 Å². The van der Waals surface area contributed by atoms with Gasteiger partial charge in [0.2, 0.25) is 5.88 Å². The zero-order chi connectivity index (χ0) is 20.2. The third-order valence-electron chi connectivity index (χ3n) is 5.02. The van der Waals surface area contributed by atoms with E-state index < -0.39 is 0 Å². The fourth-order valence-electron chi connectivity index (χ4n) is 3.44. The lowest BCUT2D eigenvalue weighted by Gasteiger charge is -2.27. The number of H-pyrrole nitrogens is 1. The van der Waals surface area contributed by atoms with E-state index in [0.29, 0.717) is 18.3 Å². The molecule has 3 aromatic rings. The second kappa shape index (κ2) is 8.48. The topological polar surface area (TPSA) is 101 Å². The largest absolute Gasteiger partial charge is 0.473 e. The van der Waals surface area contributed by atoms with Crippen LogP contribution >= 0.6 is 0 Å². The Balaban J connectivity index is 1.39. The summed E-state index contributed by atoms with van der Waals surface area (Å²) in [4.78, 5) is 16.6. The van der Waals surface area contributed by atoms with Crippen molar-refractivity contribution in [3.63, 3.8) is 0 Å². The van der Waals surface area contributed by atoms with E-state index in [1.165, 1.54) is 0 Å². The van der Waals surface area contributed by atoms with Crippen LogP contribution in [0.4, 0.5) is 10.6 Å². The number of nitrogens with zero attached hydrogens (tertiary/aromatic N) is 2. The maximum atomic E-state index is 12.3. The minimum absolute atomic E-state index is 0.0771. The van der Waals surface area contributed by atoms with Crippen molar-refractivity contribution in [1.29, 1.82) is 0 Å². The molecule has 3 unspecified atom stereocenters. The van der Waals surface area contributed by atoms with Crippen LogP contribution in [0.3, 0.4) is 0 Å². The Hall–Kier alpha value is -3.13. The number of aromatic nitrogens is 3. The summed E-state index contributed by atoms with van der Waals surface area (Å²) in [6.07, 6.45) is 3.60. The summed E-state index contributed by atoms with van der Waals surface area (Å²) in [7, 11) is 0. The van der Waals surface area contributed by atoms with Gasteiger partial charge in [-0.25, -0.2) is 9.78 Å². The molecule has 2 aromatic heterocycles. The van der Waals surface area contributed by atoms with Gasteiger partial charge in [0.15, 0.2) is 0 Å². The third kappa shape index (κ3) is 4.65. The Morgan fingerprint density at radius 2 is 2.17 bits per heavy atom. The summed E-state index contributed by atoms with van der Waals surface area (Å²) in [5.74, 6) is 0.963. The molecule has 3 atom stereocenters. The predicted octanol–water partition coefficient (Wildman–Crippen LogP) is 3.79. The number of anilines is 1. The second-order valence-corrected chi connectivity index (χ2v) is 7.32. The number of hydrogen-bond acceptors (Lipinski definition) is 5. The van der Waals surface area contributed by atoms with Crippen molar-refractivity contribution in [3.05, 3.63) is 48.2 Å². The van der Waals surface area contributed by atoms with Gasteiger partial charge >= 0.3 is 6.03 Å². The normalized spacial score (nSPS) is 20.2. The van der Waals surface area contributed by atoms with Gasteiger partial charge in [0.25, 0.3) is 0 Å². The lowest BCUT2D eigenvalue weighted by atomic mass is 10.1. The van der Waals surface area contributed by atoms with E-state index in [9.17, 15) is 4.79 Å². The van der Waals surface area contributed by atoms with Gasteiger partial charge in [0.1, 0.15) is 11.9 Å². The van der Waals surface area contributed by atoms with Gasteiger partial charge in [-0.2, -0.15) is 0 Å². The molecule has 0 bridgehead atoms. The van der Waals surface area contributed by atoms with E-state index in [2.05, 4.69) is 25.8 Å². The SMILES string of the molecule is CC1CC(Oc2n[nH]c3cc(NC(=O)NC(C)c4ccccc4)ncc23)CCO1. The number of hydrogen-bond donors (Lipinski definition) is 3. The number of nitrogens with one attached hydrogen (secondary N) is 3. The molecule has 1 fully saturated rings. The molecule has 8 nitrogen and oxygen atoms in total. The first kappa shape index (κ1) is 19.2. The summed E-state index contributed by atoms with van der Waals surface area (Å²) in [6.45, 7) is 4.67. The van der Waals surface area contributed by atoms with Crippen molar-refractivity contribution in [2.24, 2.45) is 0 Å². The van der Waals surface area contributed by atoms with Crippen LogP contribution in [0, 0.1) is 0 Å². The van der Waals surface area contributed by atoms with Crippen LogP contribution in [0.15, 0.2) is 42.6 Å². The minimum Gasteiger partial charge on any atom is -0.473 e. The monoisotopic (exact) mass is 395 g/mol. The molecule has 3 heterocycles. The number of carbonyl (C=O) groups is 1. The molecule has 1 aliphatic heterocycles. The smallest absolute Gasteiger partial charge is 0.320 e. The number of aromatic amines is 1. The number of urea groups is 1. The van der Waals surface area contributed by atoms with E-state index in [0.717, 1.165) is 29.3 Å². The van der Waals surface area contributed by atoms with Crippen molar-refractivity contribution in [3.8, 4) is 5.88 Å². The molecular weight excluding hydrogens is 370 g/mol. The maximum absolute atomic E-state index is 12.3. The zero-order valence-electron chi connectivity index (χ0n) is 16.5. The number of benzene rings is 1. The summed E-state index contributed by atoms with van der Waals surface area (Å²) >= 11 is 0. The highest BCUT2D eigenvalue weighted by molar-refractivity contribution is 5.92. The third-order valence-corrected chi connectivity index (χ3v) is 5.02. The molecular formula is C21H25N5O3. The van der Waals surface area contributed by atoms with Crippen LogP contribution in [-0.2, 0) is 4.74 Å². The van der Waals surface area contributed by atoms with Crippen molar-refractivity contribution >= 4 is 22.8 Å². The number of rotatable bonds is 5. The predicted molar refractivity (Wildman–Crippen MR) is 110 cm³/mol. The minimum atomic E-state index is -0.319. The van der Waals surface area contributed by atoms with Gasteiger partial charge < -0.3 is 14.8 Å². The van der Waals surface area contributed by atoms with Gasteiger partial charge in [-0.1, -0.05) is 30.3 Å². The van der Waals surface area contributed by atoms with Crippen LogP contribution in [0.25, 0.3) is 10.9 Å². The lowest BCUT2D eigenvalue weighted by Crippen LogP contribution is -2.31. The Bertz CT molecular complexity index is 975. The Kier molecular flexibility index (Phi) is 5.62. The second-order valence-electron chi connectivity index (χ2n) is 7.32. The van der Waals surface area contributed by atoms with Crippen molar-refractivity contribution < 1.29 is 14.3 Å². The number of pyridine rings is 1. The molecule has 3 N–H and O–H groups in total. The highest BCUT2D eigenvalue weighted by atomic mass is 16.5. The molecule has 8 heteroatoms. The van der Waals surface area contributed by atoms with Crippen LogP contribution in [-0.4, -0.2) is 40.0 Å². The first-order valence-electron chi connectivity index (χ1n) is 9.83. The van der Waals surface area contributed by atoms with Crippen molar-refractivity contribution in [2.45, 2.75) is 44.9 Å². The van der Waals surface area contributed by atoms with E-state index in [4.69, 9.17) is 9.47 Å². The van der Waals surface area contributed by atoms with Crippen LogP contribution in [0.5, 0.6) is 5.88 Å². The molecule has 4 rings (SSSR count). The van der Waals surface area contributed by atoms with E-state index in [-0.39, 0.29) is 24.3 Å². The quantitative estimate of drug-likeness (QED) is 0.610. The molecule has 1 aliphatic rings. The standard InChI is InChI=1S/C21H25N5O3/c1-13-10-16(8-9-28-13)29-20-17-12-22-19(11-18(17)25-26-20)24-21(27)23-14(2)15-6-4-3-5-7-15/h3-7,11-14,16H,8-10H2,1-2H3,(H,25,26)(H2,22,23,24,27). The van der Waals surface area contributed by atoms with E-state index >= 15 is 0 Å². The molecule has 0 aliphatic carbocycles. The Morgan fingerprint density at radius 3 is 2.97 bits per heavy atom. The van der Waals surface area contributed by atoms with E-state index in [1.54, 1.807) is 12.3 Å². The number of carbonyl (C=O) groups excluding carboxylic acids is 1. The first-order chi connectivity index (χ1) is 14.1. The fourth-order valence-corrected chi connectivity index (χ4v) is 3.44. The molecule has 1 aromatic carbocycles. The van der Waals surface area contributed by atoms with E-state index in [1.807, 2.05) is 44.2 Å². The summed E-state index contributed by atoms with van der Waals surface area (Å²) in [5, 5.41) is 13.7. The fraction of sp³-hybridized carbons (Fsp3) is 0.381. The highest BCUT2D eigenvalue weighted by Gasteiger charge is 2.22. The zero-order valence-corrected chi connectivity index (χ0v) is 16.5. The summed E-state index contributed by atoms with van der Waals surface area (Å²) < 4.78 is 11.6. The average Bonchev–Trinajstić information content (AvgIpc) is 3.10. The van der Waals surface area contributed by atoms with Crippen LogP contribution in [0.1, 0.15) is 38.3 Å². The Labute approximate surface area is 169 Å². The number of ether oxygens (including phenoxy) is 2. The molecule has 152 valence electrons. The molecule has 1 saturated heterocycles. The average molecular weight is 395 g/mol. The number of fused-ring (bicyclic) bond motifs is 1. The first-order valence-corrected chi connectivity index (χ1v) is 9.83. The van der Waals surface area contributed by atoms with Gasteiger partial charge in [0, 0.05) is 25.1 Å². The molecule has 29 heavy (non-hydrogen) atoms. The molecule has 2 amide bonds. The lowest BCUT2D eigenvalue weighted by molar-refractivity contribution is -0.0260. The van der Waals surface area contributed by atoms with Gasteiger partial charge in [-0.15, -0.1) is 5.10 Å². The van der Waals surface area contributed by atoms with Crippen LogP contribution < -0.4 is 15.4 Å².